The van der Waals surface area contributed by atoms with E-state index in [0.29, 0.717) is 0 Å². The molecule has 0 spiro atoms. The summed E-state index contributed by atoms with van der Waals surface area (Å²) in [6.07, 6.45) is 0. The lowest BCUT2D eigenvalue weighted by atomic mass is 10.5. The highest BCUT2D eigenvalue weighted by atomic mass is 16.9. The van der Waals surface area contributed by atoms with Gasteiger partial charge in [0.15, 0.2) is 20.4 Å². The molecule has 0 rings (SSSR count). The molecule has 15 heavy (non-hydrogen) atoms. The van der Waals surface area contributed by atoms with Crippen molar-refractivity contribution in [3.63, 3.8) is 0 Å². The fourth-order valence-corrected chi connectivity index (χ4v) is 0.748. The van der Waals surface area contributed by atoms with Gasteiger partial charge in [0.05, 0.1) is 6.54 Å². The summed E-state index contributed by atoms with van der Waals surface area (Å²) < 4.78 is 29.8. The predicted molar refractivity (Wildman–Crippen MR) is 50.7 cm³/mol. The molecule has 0 unspecified atom stereocenters. The fourth-order valence-electron chi connectivity index (χ4n) is 0.748. The van der Waals surface area contributed by atoms with Gasteiger partial charge >= 0.3 is 5.97 Å². The fraction of sp³-hybridized carbons (Fsp3) is 1.00. The van der Waals surface area contributed by atoms with Crippen molar-refractivity contribution in [1.29, 1.82) is 0 Å². The second-order valence-electron chi connectivity index (χ2n) is 2.54. The monoisotopic (exact) mass is 225 g/mol. The van der Waals surface area contributed by atoms with Crippen LogP contribution in [0.2, 0.25) is 0 Å². The van der Waals surface area contributed by atoms with Gasteiger partial charge < -0.3 is 19.9 Å². The Hall–Kier alpha value is -0.280. The molecule has 0 saturated carbocycles. The smallest absolute Gasteiger partial charge is 0.302 e. The SMILES string of the molecule is COCOC(CN)(OCOC)OCOC. The van der Waals surface area contributed by atoms with Crippen molar-refractivity contribution < 1.29 is 28.4 Å². The maximum absolute atomic E-state index is 5.49. The van der Waals surface area contributed by atoms with Gasteiger partial charge in [-0.2, -0.15) is 0 Å². The van der Waals surface area contributed by atoms with Crippen LogP contribution in [0.5, 0.6) is 0 Å². The minimum atomic E-state index is -1.40. The molecule has 0 bridgehead atoms. The maximum atomic E-state index is 5.49. The first-order valence-electron chi connectivity index (χ1n) is 4.33. The van der Waals surface area contributed by atoms with Crippen molar-refractivity contribution in [3.05, 3.63) is 0 Å². The van der Waals surface area contributed by atoms with Crippen molar-refractivity contribution in [2.75, 3.05) is 48.3 Å². The summed E-state index contributed by atoms with van der Waals surface area (Å²) in [6.45, 7) is -0.0387. The van der Waals surface area contributed by atoms with E-state index in [9.17, 15) is 0 Å². The van der Waals surface area contributed by atoms with E-state index < -0.39 is 5.97 Å². The molecule has 0 atom stereocenters. The van der Waals surface area contributed by atoms with Crippen molar-refractivity contribution in [1.82, 2.24) is 0 Å². The Morgan fingerprint density at radius 3 is 1.33 bits per heavy atom. The number of nitrogens with two attached hydrogens (primary N) is 1. The quantitative estimate of drug-likeness (QED) is 0.500. The first-order valence-corrected chi connectivity index (χ1v) is 4.33. The van der Waals surface area contributed by atoms with Crippen LogP contribution in [-0.2, 0) is 28.4 Å². The molecule has 0 fully saturated rings. The van der Waals surface area contributed by atoms with Crippen LogP contribution in [0.1, 0.15) is 0 Å². The zero-order valence-corrected chi connectivity index (χ0v) is 9.36. The number of ether oxygens (including phenoxy) is 6. The van der Waals surface area contributed by atoms with Crippen molar-refractivity contribution >= 4 is 0 Å². The summed E-state index contributed by atoms with van der Waals surface area (Å²) in [5.41, 5.74) is 5.49. The third-order valence-electron chi connectivity index (χ3n) is 1.44. The molecule has 0 amide bonds. The predicted octanol–water partition coefficient (Wildman–Crippen LogP) is -0.540. The Morgan fingerprint density at radius 1 is 0.800 bits per heavy atom. The van der Waals surface area contributed by atoms with Crippen LogP contribution in [0.4, 0.5) is 0 Å². The number of methoxy groups -OCH3 is 3. The standard InChI is InChI=1S/C8H19NO6/c1-10-5-13-8(4-9,14-6-11-2)15-7-12-3/h4-7,9H2,1-3H3. The Bertz CT molecular complexity index is 123. The highest BCUT2D eigenvalue weighted by Crippen LogP contribution is 2.14. The van der Waals surface area contributed by atoms with E-state index in [-0.39, 0.29) is 26.9 Å². The van der Waals surface area contributed by atoms with E-state index in [4.69, 9.17) is 34.2 Å². The molecule has 7 nitrogen and oxygen atoms in total. The molecular weight excluding hydrogens is 206 g/mol. The van der Waals surface area contributed by atoms with Gasteiger partial charge in [0.25, 0.3) is 0 Å². The minimum absolute atomic E-state index is 0.00930. The van der Waals surface area contributed by atoms with Crippen molar-refractivity contribution in [3.8, 4) is 0 Å². The molecule has 0 aromatic carbocycles. The van der Waals surface area contributed by atoms with Crippen LogP contribution in [0.3, 0.4) is 0 Å². The molecule has 0 radical (unpaired) electrons. The first-order chi connectivity index (χ1) is 7.24. The van der Waals surface area contributed by atoms with E-state index in [1.54, 1.807) is 0 Å². The normalized spacial score (nSPS) is 12.0. The van der Waals surface area contributed by atoms with Crippen LogP contribution in [0, 0.1) is 0 Å². The lowest BCUT2D eigenvalue weighted by Crippen LogP contribution is -2.47. The van der Waals surface area contributed by atoms with Crippen LogP contribution >= 0.6 is 0 Å². The number of hydrogen-bond donors (Lipinski definition) is 1. The van der Waals surface area contributed by atoms with Crippen LogP contribution in [0.15, 0.2) is 0 Å². The van der Waals surface area contributed by atoms with Crippen LogP contribution in [-0.4, -0.2) is 54.2 Å². The summed E-state index contributed by atoms with van der Waals surface area (Å²) in [5, 5.41) is 0. The Balaban J connectivity index is 4.16. The first kappa shape index (κ1) is 14.7. The van der Waals surface area contributed by atoms with Gasteiger partial charge in [-0.3, -0.25) is 14.2 Å². The Labute approximate surface area is 89.3 Å². The topological polar surface area (TPSA) is 81.4 Å². The van der Waals surface area contributed by atoms with E-state index in [2.05, 4.69) is 0 Å². The average Bonchev–Trinajstić information content (AvgIpc) is 2.29. The second kappa shape index (κ2) is 8.98. The van der Waals surface area contributed by atoms with Gasteiger partial charge in [-0.15, -0.1) is 0 Å². The van der Waals surface area contributed by atoms with E-state index in [1.807, 2.05) is 0 Å². The lowest BCUT2D eigenvalue weighted by molar-refractivity contribution is -0.417. The minimum Gasteiger partial charge on any atom is -0.358 e. The summed E-state index contributed by atoms with van der Waals surface area (Å²) in [4.78, 5) is 0. The summed E-state index contributed by atoms with van der Waals surface area (Å²) in [5.74, 6) is -1.40. The van der Waals surface area contributed by atoms with Gasteiger partial charge in [-0.1, -0.05) is 0 Å². The van der Waals surface area contributed by atoms with Crippen LogP contribution < -0.4 is 5.73 Å². The molecule has 7 heteroatoms. The summed E-state index contributed by atoms with van der Waals surface area (Å²) in [7, 11) is 4.44. The molecule has 0 aliphatic heterocycles. The zero-order valence-electron chi connectivity index (χ0n) is 9.36. The second-order valence-corrected chi connectivity index (χ2v) is 2.54. The van der Waals surface area contributed by atoms with E-state index in [0.717, 1.165) is 0 Å². The molecule has 92 valence electrons. The van der Waals surface area contributed by atoms with E-state index >= 15 is 0 Å². The maximum Gasteiger partial charge on any atom is 0.302 e. The third kappa shape index (κ3) is 6.00. The van der Waals surface area contributed by atoms with Gasteiger partial charge in [-0.05, 0) is 0 Å². The summed E-state index contributed by atoms with van der Waals surface area (Å²) in [6, 6.07) is 0. The largest absolute Gasteiger partial charge is 0.358 e. The molecule has 2 N–H and O–H groups in total. The lowest BCUT2D eigenvalue weighted by Gasteiger charge is -2.30. The van der Waals surface area contributed by atoms with Gasteiger partial charge in [-0.25, -0.2) is 0 Å². The van der Waals surface area contributed by atoms with Gasteiger partial charge in [0.1, 0.15) is 0 Å². The molecule has 0 aromatic heterocycles. The van der Waals surface area contributed by atoms with Crippen molar-refractivity contribution in [2.45, 2.75) is 5.97 Å². The molecule has 0 heterocycles. The van der Waals surface area contributed by atoms with Gasteiger partial charge in [0.2, 0.25) is 0 Å². The average molecular weight is 225 g/mol. The van der Waals surface area contributed by atoms with E-state index in [1.165, 1.54) is 21.3 Å². The van der Waals surface area contributed by atoms with Gasteiger partial charge in [0, 0.05) is 21.3 Å². The number of rotatable bonds is 10. The van der Waals surface area contributed by atoms with Crippen LogP contribution in [0.25, 0.3) is 0 Å². The Morgan fingerprint density at radius 2 is 1.13 bits per heavy atom. The third-order valence-corrected chi connectivity index (χ3v) is 1.44. The zero-order chi connectivity index (χ0) is 11.6. The molecule has 0 saturated heterocycles. The summed E-state index contributed by atoms with van der Waals surface area (Å²) >= 11 is 0. The van der Waals surface area contributed by atoms with Crippen molar-refractivity contribution in [2.24, 2.45) is 5.73 Å². The highest BCUT2D eigenvalue weighted by Gasteiger charge is 2.32. The molecule has 0 aliphatic rings. The molecular formula is C8H19NO6. The molecule has 0 aliphatic carbocycles. The highest BCUT2D eigenvalue weighted by molar-refractivity contribution is 4.55. The Kier molecular flexibility index (Phi) is 8.82. The molecule has 0 aromatic rings. The number of hydrogen-bond acceptors (Lipinski definition) is 7.